The van der Waals surface area contributed by atoms with Crippen LogP contribution in [0, 0.1) is 6.92 Å². The number of hydrogen-bond donors (Lipinski definition) is 1. The smallest absolute Gasteiger partial charge is 0.345 e. The molecule has 2 aromatic heterocycles. The molecule has 0 aromatic carbocycles. The summed E-state index contributed by atoms with van der Waals surface area (Å²) in [5.41, 5.74) is 1.09. The second kappa shape index (κ2) is 4.76. The van der Waals surface area contributed by atoms with Gasteiger partial charge in [-0.2, -0.15) is 0 Å². The van der Waals surface area contributed by atoms with Gasteiger partial charge in [0.1, 0.15) is 4.88 Å². The fraction of sp³-hybridized carbons (Fsp3) is 0.273. The van der Waals surface area contributed by atoms with Gasteiger partial charge in [0.25, 0.3) is 0 Å². The molecule has 2 rings (SSSR count). The van der Waals surface area contributed by atoms with Crippen LogP contribution in [-0.4, -0.2) is 16.1 Å². The lowest BCUT2D eigenvalue weighted by atomic mass is 10.2. The Morgan fingerprint density at radius 2 is 2.25 bits per heavy atom. The third-order valence-corrected chi connectivity index (χ3v) is 4.12. The predicted molar refractivity (Wildman–Crippen MR) is 65.5 cm³/mol. The highest BCUT2D eigenvalue weighted by Gasteiger charge is 2.07. The van der Waals surface area contributed by atoms with Gasteiger partial charge >= 0.3 is 5.97 Å². The van der Waals surface area contributed by atoms with Crippen molar-refractivity contribution in [1.29, 1.82) is 0 Å². The third-order valence-electron chi connectivity index (χ3n) is 2.17. The van der Waals surface area contributed by atoms with Crippen LogP contribution in [0.25, 0.3) is 0 Å². The van der Waals surface area contributed by atoms with E-state index in [1.165, 1.54) is 11.3 Å². The average Bonchev–Trinajstić information content (AvgIpc) is 2.83. The first-order chi connectivity index (χ1) is 7.65. The summed E-state index contributed by atoms with van der Waals surface area (Å²) in [5.74, 6) is -0.847. The van der Waals surface area contributed by atoms with Crippen LogP contribution >= 0.6 is 22.7 Å². The van der Waals surface area contributed by atoms with E-state index in [0.717, 1.165) is 28.4 Å². The minimum atomic E-state index is -0.847. The first-order valence-corrected chi connectivity index (χ1v) is 6.58. The maximum absolute atomic E-state index is 10.7. The molecule has 3 nitrogen and oxygen atoms in total. The van der Waals surface area contributed by atoms with Crippen LogP contribution in [-0.2, 0) is 12.8 Å². The Labute approximate surface area is 101 Å². The highest BCUT2D eigenvalue weighted by atomic mass is 32.1. The molecule has 0 unspecified atom stereocenters. The molecule has 0 atom stereocenters. The molecule has 0 aliphatic heterocycles. The number of aromatic carboxylic acids is 1. The Kier molecular flexibility index (Phi) is 3.36. The summed E-state index contributed by atoms with van der Waals surface area (Å²) < 4.78 is 0. The summed E-state index contributed by atoms with van der Waals surface area (Å²) in [6.07, 6.45) is 1.74. The first-order valence-electron chi connectivity index (χ1n) is 4.88. The Hall–Kier alpha value is -1.20. The normalized spacial score (nSPS) is 10.6. The molecule has 0 fully saturated rings. The number of aromatic nitrogens is 1. The fourth-order valence-electron chi connectivity index (χ4n) is 1.40. The number of carboxylic acids is 1. The van der Waals surface area contributed by atoms with Gasteiger partial charge in [-0.25, -0.2) is 9.78 Å². The molecular weight excluding hydrogens is 242 g/mol. The Morgan fingerprint density at radius 1 is 1.44 bits per heavy atom. The van der Waals surface area contributed by atoms with Gasteiger partial charge in [-0.3, -0.25) is 0 Å². The van der Waals surface area contributed by atoms with Gasteiger partial charge < -0.3 is 5.11 Å². The minimum Gasteiger partial charge on any atom is -0.477 e. The topological polar surface area (TPSA) is 50.2 Å². The van der Waals surface area contributed by atoms with E-state index >= 15 is 0 Å². The molecule has 0 radical (unpaired) electrons. The molecule has 16 heavy (non-hydrogen) atoms. The van der Waals surface area contributed by atoms with Crippen LogP contribution in [0.3, 0.4) is 0 Å². The maximum Gasteiger partial charge on any atom is 0.345 e. The standard InChI is InChI=1S/C11H11NO2S2/c1-7-12-8(6-15-7)2-3-9-4-5-10(16-9)11(13)14/h4-6H,2-3H2,1H3,(H,13,14). The van der Waals surface area contributed by atoms with Crippen molar-refractivity contribution in [2.24, 2.45) is 0 Å². The summed E-state index contributed by atoms with van der Waals surface area (Å²) in [5, 5.41) is 11.9. The molecular formula is C11H11NO2S2. The molecule has 0 bridgehead atoms. The van der Waals surface area contributed by atoms with Crippen LogP contribution in [0.5, 0.6) is 0 Å². The number of thiophene rings is 1. The maximum atomic E-state index is 10.7. The van der Waals surface area contributed by atoms with Gasteiger partial charge in [0.05, 0.1) is 10.7 Å². The number of thiazole rings is 1. The molecule has 0 aliphatic carbocycles. The molecule has 0 aliphatic rings. The van der Waals surface area contributed by atoms with E-state index in [4.69, 9.17) is 5.11 Å². The van der Waals surface area contributed by atoms with Gasteiger partial charge in [0.15, 0.2) is 0 Å². The van der Waals surface area contributed by atoms with Crippen molar-refractivity contribution in [3.63, 3.8) is 0 Å². The number of nitrogens with zero attached hydrogens (tertiary/aromatic N) is 1. The zero-order valence-corrected chi connectivity index (χ0v) is 10.4. The van der Waals surface area contributed by atoms with Crippen LogP contribution < -0.4 is 0 Å². The zero-order chi connectivity index (χ0) is 11.5. The number of rotatable bonds is 4. The van der Waals surface area contributed by atoms with Gasteiger partial charge in [0, 0.05) is 10.3 Å². The molecule has 0 spiro atoms. The third kappa shape index (κ3) is 2.68. The summed E-state index contributed by atoms with van der Waals surface area (Å²) >= 11 is 2.99. The van der Waals surface area contributed by atoms with Crippen molar-refractivity contribution < 1.29 is 9.90 Å². The SMILES string of the molecule is Cc1nc(CCc2ccc(C(=O)O)s2)cs1. The highest BCUT2D eigenvalue weighted by molar-refractivity contribution is 7.13. The zero-order valence-electron chi connectivity index (χ0n) is 8.77. The lowest BCUT2D eigenvalue weighted by Gasteiger charge is -1.93. The molecule has 2 aromatic rings. The molecule has 1 N–H and O–H groups in total. The molecule has 0 saturated carbocycles. The highest BCUT2D eigenvalue weighted by Crippen LogP contribution is 2.19. The van der Waals surface area contributed by atoms with Crippen molar-refractivity contribution in [2.75, 3.05) is 0 Å². The van der Waals surface area contributed by atoms with Gasteiger partial charge in [0.2, 0.25) is 0 Å². The van der Waals surface area contributed by atoms with Crippen LogP contribution in [0.15, 0.2) is 17.5 Å². The van der Waals surface area contributed by atoms with Crippen molar-refractivity contribution in [1.82, 2.24) is 4.98 Å². The van der Waals surface area contributed by atoms with E-state index in [9.17, 15) is 4.79 Å². The number of carboxylic acid groups (broad SMARTS) is 1. The molecule has 5 heteroatoms. The number of hydrogen-bond acceptors (Lipinski definition) is 4. The molecule has 0 saturated heterocycles. The Balaban J connectivity index is 1.97. The van der Waals surface area contributed by atoms with Gasteiger partial charge in [-0.15, -0.1) is 22.7 Å². The van der Waals surface area contributed by atoms with Crippen LogP contribution in [0.1, 0.15) is 25.3 Å². The summed E-state index contributed by atoms with van der Waals surface area (Å²) in [4.78, 5) is 16.6. The Morgan fingerprint density at radius 3 is 2.81 bits per heavy atom. The summed E-state index contributed by atoms with van der Waals surface area (Å²) in [6.45, 7) is 1.99. The molecule has 84 valence electrons. The van der Waals surface area contributed by atoms with E-state index in [-0.39, 0.29) is 0 Å². The van der Waals surface area contributed by atoms with Crippen LogP contribution in [0.4, 0.5) is 0 Å². The van der Waals surface area contributed by atoms with Gasteiger partial charge in [-0.1, -0.05) is 0 Å². The van der Waals surface area contributed by atoms with Crippen molar-refractivity contribution in [3.8, 4) is 0 Å². The fourth-order valence-corrected chi connectivity index (χ4v) is 2.89. The monoisotopic (exact) mass is 253 g/mol. The van der Waals surface area contributed by atoms with Crippen molar-refractivity contribution >= 4 is 28.6 Å². The van der Waals surface area contributed by atoms with E-state index in [1.807, 2.05) is 13.0 Å². The van der Waals surface area contributed by atoms with E-state index < -0.39 is 5.97 Å². The lowest BCUT2D eigenvalue weighted by Crippen LogP contribution is -1.90. The number of carbonyl (C=O) groups is 1. The average molecular weight is 253 g/mol. The van der Waals surface area contributed by atoms with E-state index in [2.05, 4.69) is 10.4 Å². The number of aryl methyl sites for hydroxylation is 3. The van der Waals surface area contributed by atoms with E-state index in [0.29, 0.717) is 4.88 Å². The summed E-state index contributed by atoms with van der Waals surface area (Å²) in [6, 6.07) is 3.54. The lowest BCUT2D eigenvalue weighted by molar-refractivity contribution is 0.0702. The predicted octanol–water partition coefficient (Wildman–Crippen LogP) is 3.00. The second-order valence-corrected chi connectivity index (χ2v) is 5.66. The molecule has 2 heterocycles. The minimum absolute atomic E-state index is 0.407. The quantitative estimate of drug-likeness (QED) is 0.911. The van der Waals surface area contributed by atoms with Crippen molar-refractivity contribution in [2.45, 2.75) is 19.8 Å². The second-order valence-electron chi connectivity index (χ2n) is 3.43. The van der Waals surface area contributed by atoms with Crippen LogP contribution in [0.2, 0.25) is 0 Å². The Bertz CT molecular complexity index is 502. The summed E-state index contributed by atoms with van der Waals surface area (Å²) in [7, 11) is 0. The van der Waals surface area contributed by atoms with Crippen molar-refractivity contribution in [3.05, 3.63) is 38.0 Å². The molecule has 0 amide bonds. The first kappa shape index (κ1) is 11.3. The van der Waals surface area contributed by atoms with Gasteiger partial charge in [-0.05, 0) is 31.9 Å². The largest absolute Gasteiger partial charge is 0.477 e. The van der Waals surface area contributed by atoms with E-state index in [1.54, 1.807) is 17.4 Å².